The van der Waals surface area contributed by atoms with E-state index in [1.54, 1.807) is 6.20 Å². The second-order valence-electron chi connectivity index (χ2n) is 7.91. The summed E-state index contributed by atoms with van der Waals surface area (Å²) in [6.45, 7) is 7.02. The van der Waals surface area contributed by atoms with Gasteiger partial charge in [-0.1, -0.05) is 30.3 Å². The summed E-state index contributed by atoms with van der Waals surface area (Å²) < 4.78 is 0. The molecule has 4 heteroatoms. The quantitative estimate of drug-likeness (QED) is 0.855. The van der Waals surface area contributed by atoms with Crippen LogP contribution >= 0.6 is 0 Å². The molecule has 0 radical (unpaired) electrons. The normalized spacial score (nSPS) is 25.5. The predicted octanol–water partition coefficient (Wildman–Crippen LogP) is 3.00. The number of likely N-dealkylation sites (tertiary alicyclic amines) is 2. The number of fused-ring (bicyclic) bond motifs is 1. The number of nitrogens with zero attached hydrogens (tertiary/aromatic N) is 3. The van der Waals surface area contributed by atoms with E-state index in [4.69, 9.17) is 0 Å². The van der Waals surface area contributed by atoms with Crippen LogP contribution in [0.3, 0.4) is 0 Å². The molecular formula is C22H27N3O. The Bertz CT molecular complexity index is 819. The molecule has 0 spiro atoms. The van der Waals surface area contributed by atoms with Crippen molar-refractivity contribution in [2.45, 2.75) is 26.3 Å². The van der Waals surface area contributed by atoms with E-state index < -0.39 is 0 Å². The lowest BCUT2D eigenvalue weighted by atomic mass is 9.88. The standard InChI is InChI=1S/C22H27N3O/c1-15-7-4-5-9-18(15)22-19-14-25(13-17(19)12-24(22)3)21(26)11-20-16(2)8-6-10-23-20/h4-10,17,19,22H,11-14H2,1-3H3/t17-,19+,22+/m0/s1. The third-order valence-electron chi connectivity index (χ3n) is 6.19. The SMILES string of the molecule is Cc1ccccc1[C@@H]1[C@@H]2CN(C(=O)Cc3ncccc3C)C[C@@H]2CN1C. The monoisotopic (exact) mass is 349 g/mol. The third-order valence-corrected chi connectivity index (χ3v) is 6.19. The predicted molar refractivity (Wildman–Crippen MR) is 103 cm³/mol. The lowest BCUT2D eigenvalue weighted by molar-refractivity contribution is -0.129. The zero-order valence-electron chi connectivity index (χ0n) is 15.9. The first-order valence-electron chi connectivity index (χ1n) is 9.48. The molecule has 3 heterocycles. The highest BCUT2D eigenvalue weighted by Gasteiger charge is 2.47. The molecule has 3 atom stereocenters. The number of pyridine rings is 1. The molecule has 0 aliphatic carbocycles. The molecule has 0 bridgehead atoms. The van der Waals surface area contributed by atoms with E-state index in [9.17, 15) is 4.79 Å². The highest BCUT2D eigenvalue weighted by Crippen LogP contribution is 2.44. The maximum absolute atomic E-state index is 12.9. The summed E-state index contributed by atoms with van der Waals surface area (Å²) in [6.07, 6.45) is 2.19. The Kier molecular flexibility index (Phi) is 4.53. The van der Waals surface area contributed by atoms with E-state index >= 15 is 0 Å². The van der Waals surface area contributed by atoms with Gasteiger partial charge in [-0.2, -0.15) is 0 Å². The Morgan fingerprint density at radius 2 is 1.85 bits per heavy atom. The summed E-state index contributed by atoms with van der Waals surface area (Å²) in [4.78, 5) is 21.8. The largest absolute Gasteiger partial charge is 0.342 e. The van der Waals surface area contributed by atoms with Crippen LogP contribution in [-0.4, -0.2) is 47.4 Å². The maximum Gasteiger partial charge on any atom is 0.228 e. The van der Waals surface area contributed by atoms with Crippen LogP contribution in [0.25, 0.3) is 0 Å². The van der Waals surface area contributed by atoms with Crippen LogP contribution < -0.4 is 0 Å². The summed E-state index contributed by atoms with van der Waals surface area (Å²) >= 11 is 0. The average Bonchev–Trinajstić information content (AvgIpc) is 3.14. The van der Waals surface area contributed by atoms with E-state index in [-0.39, 0.29) is 5.91 Å². The highest BCUT2D eigenvalue weighted by molar-refractivity contribution is 5.79. The minimum atomic E-state index is 0.215. The molecule has 2 saturated heterocycles. The number of carbonyl (C=O) groups is 1. The molecule has 0 unspecified atom stereocenters. The van der Waals surface area contributed by atoms with Crippen LogP contribution in [0.15, 0.2) is 42.6 Å². The van der Waals surface area contributed by atoms with Crippen molar-refractivity contribution in [3.63, 3.8) is 0 Å². The maximum atomic E-state index is 12.9. The van der Waals surface area contributed by atoms with Crippen LogP contribution in [0.4, 0.5) is 0 Å². The Labute approximate surface area is 155 Å². The minimum Gasteiger partial charge on any atom is -0.342 e. The number of amides is 1. The van der Waals surface area contributed by atoms with E-state index in [1.165, 1.54) is 11.1 Å². The molecular weight excluding hydrogens is 322 g/mol. The van der Waals surface area contributed by atoms with Crippen molar-refractivity contribution in [1.82, 2.24) is 14.8 Å². The fourth-order valence-corrected chi connectivity index (χ4v) is 4.81. The summed E-state index contributed by atoms with van der Waals surface area (Å²) in [5.74, 6) is 1.31. The molecule has 26 heavy (non-hydrogen) atoms. The Morgan fingerprint density at radius 1 is 1.08 bits per heavy atom. The molecule has 1 aromatic heterocycles. The third kappa shape index (κ3) is 3.03. The highest BCUT2D eigenvalue weighted by atomic mass is 16.2. The van der Waals surface area contributed by atoms with Gasteiger partial charge in [0.1, 0.15) is 0 Å². The number of rotatable bonds is 3. The van der Waals surface area contributed by atoms with Crippen LogP contribution in [0.5, 0.6) is 0 Å². The second kappa shape index (κ2) is 6.84. The first-order chi connectivity index (χ1) is 12.5. The smallest absolute Gasteiger partial charge is 0.228 e. The van der Waals surface area contributed by atoms with Crippen LogP contribution in [-0.2, 0) is 11.2 Å². The molecule has 136 valence electrons. The van der Waals surface area contributed by atoms with Crippen molar-refractivity contribution >= 4 is 5.91 Å². The molecule has 0 saturated carbocycles. The van der Waals surface area contributed by atoms with Gasteiger partial charge in [-0.05, 0) is 49.6 Å². The van der Waals surface area contributed by atoms with Gasteiger partial charge < -0.3 is 4.90 Å². The Hall–Kier alpha value is -2.20. The fourth-order valence-electron chi connectivity index (χ4n) is 4.81. The topological polar surface area (TPSA) is 36.4 Å². The van der Waals surface area contributed by atoms with E-state index in [0.29, 0.717) is 24.3 Å². The van der Waals surface area contributed by atoms with Crippen LogP contribution in [0.1, 0.15) is 28.4 Å². The van der Waals surface area contributed by atoms with Gasteiger partial charge in [-0.3, -0.25) is 14.7 Å². The number of benzene rings is 1. The van der Waals surface area contributed by atoms with Crippen molar-refractivity contribution in [2.24, 2.45) is 11.8 Å². The van der Waals surface area contributed by atoms with Crippen molar-refractivity contribution in [3.8, 4) is 0 Å². The van der Waals surface area contributed by atoms with Crippen molar-refractivity contribution in [3.05, 3.63) is 65.0 Å². The molecule has 2 fully saturated rings. The molecule has 2 aliphatic rings. The number of carbonyl (C=O) groups excluding carboxylic acids is 1. The zero-order chi connectivity index (χ0) is 18.3. The van der Waals surface area contributed by atoms with Crippen molar-refractivity contribution in [1.29, 1.82) is 0 Å². The number of hydrogen-bond donors (Lipinski definition) is 0. The second-order valence-corrected chi connectivity index (χ2v) is 7.91. The average molecular weight is 349 g/mol. The van der Waals surface area contributed by atoms with Gasteiger partial charge in [0.05, 0.1) is 12.1 Å². The summed E-state index contributed by atoms with van der Waals surface area (Å²) in [5.41, 5.74) is 4.76. The number of aromatic nitrogens is 1. The zero-order valence-corrected chi connectivity index (χ0v) is 15.9. The van der Waals surface area contributed by atoms with Gasteiger partial charge in [0.2, 0.25) is 5.91 Å². The van der Waals surface area contributed by atoms with Crippen LogP contribution in [0, 0.1) is 25.7 Å². The van der Waals surface area contributed by atoms with Gasteiger partial charge in [-0.25, -0.2) is 0 Å². The van der Waals surface area contributed by atoms with Gasteiger partial charge >= 0.3 is 0 Å². The van der Waals surface area contributed by atoms with Crippen LogP contribution in [0.2, 0.25) is 0 Å². The molecule has 2 aromatic rings. The van der Waals surface area contributed by atoms with E-state index in [1.807, 2.05) is 19.1 Å². The molecule has 2 aliphatic heterocycles. The van der Waals surface area contributed by atoms with Gasteiger partial charge in [0.25, 0.3) is 0 Å². The van der Waals surface area contributed by atoms with E-state index in [0.717, 1.165) is 30.9 Å². The van der Waals surface area contributed by atoms with Gasteiger partial charge in [0.15, 0.2) is 0 Å². The summed E-state index contributed by atoms with van der Waals surface area (Å²) in [6, 6.07) is 13.0. The number of aryl methyl sites for hydroxylation is 2. The molecule has 1 amide bonds. The molecule has 0 N–H and O–H groups in total. The lowest BCUT2D eigenvalue weighted by Gasteiger charge is -2.28. The molecule has 4 nitrogen and oxygen atoms in total. The summed E-state index contributed by atoms with van der Waals surface area (Å²) in [5, 5.41) is 0. The van der Waals surface area contributed by atoms with Crippen molar-refractivity contribution in [2.75, 3.05) is 26.7 Å². The molecule has 4 rings (SSSR count). The first-order valence-corrected chi connectivity index (χ1v) is 9.48. The lowest BCUT2D eigenvalue weighted by Crippen LogP contribution is -2.34. The van der Waals surface area contributed by atoms with Gasteiger partial charge in [-0.15, -0.1) is 0 Å². The summed E-state index contributed by atoms with van der Waals surface area (Å²) in [7, 11) is 2.22. The first kappa shape index (κ1) is 17.2. The number of hydrogen-bond acceptors (Lipinski definition) is 3. The Balaban J connectivity index is 1.50. The van der Waals surface area contributed by atoms with E-state index in [2.05, 4.69) is 53.0 Å². The molecule has 1 aromatic carbocycles. The fraction of sp³-hybridized carbons (Fsp3) is 0.455. The minimum absolute atomic E-state index is 0.215. The van der Waals surface area contributed by atoms with Gasteiger partial charge in [0, 0.05) is 37.8 Å². The Morgan fingerprint density at radius 3 is 2.62 bits per heavy atom. The van der Waals surface area contributed by atoms with Crippen molar-refractivity contribution < 1.29 is 4.79 Å².